The third-order valence-electron chi connectivity index (χ3n) is 5.54. The number of carbonyl (C=O) groups is 2. The Balaban J connectivity index is 1.58. The van der Waals surface area contributed by atoms with Crippen LogP contribution in [0.3, 0.4) is 0 Å². The molecule has 3 rings (SSSR count). The number of hydrogen-bond acceptors (Lipinski definition) is 3. The number of nitrogens with one attached hydrogen (secondary N) is 2. The Morgan fingerprint density at radius 2 is 1.70 bits per heavy atom. The van der Waals surface area contributed by atoms with Crippen molar-refractivity contribution in [2.75, 3.05) is 18.5 Å². The standard InChI is InChI=1S/C25H30N2O3/c1-17(2)16-20-22(25(20,3)4)24(29)27-21-13-9-8-12-19(21)23(28)26-14-15-30-18-10-6-5-7-11-18/h5-13,16,20,22H,14-15H2,1-4H3,(H,26,28)(H,27,29)/t20-,22-/m0/s1. The van der Waals surface area contributed by atoms with Crippen LogP contribution in [0.1, 0.15) is 38.1 Å². The van der Waals surface area contributed by atoms with Crippen LogP contribution < -0.4 is 15.4 Å². The number of ether oxygens (including phenoxy) is 1. The summed E-state index contributed by atoms with van der Waals surface area (Å²) < 4.78 is 5.60. The molecule has 2 aromatic carbocycles. The van der Waals surface area contributed by atoms with Crippen LogP contribution in [-0.2, 0) is 4.79 Å². The second-order valence-corrected chi connectivity index (χ2v) is 8.52. The van der Waals surface area contributed by atoms with E-state index in [1.165, 1.54) is 5.57 Å². The van der Waals surface area contributed by atoms with E-state index in [4.69, 9.17) is 4.74 Å². The highest BCUT2D eigenvalue weighted by Crippen LogP contribution is 2.59. The molecule has 158 valence electrons. The molecule has 2 aromatic rings. The predicted molar refractivity (Wildman–Crippen MR) is 120 cm³/mol. The Labute approximate surface area is 178 Å². The summed E-state index contributed by atoms with van der Waals surface area (Å²) in [5.41, 5.74) is 2.11. The molecule has 0 heterocycles. The molecular weight excluding hydrogens is 376 g/mol. The van der Waals surface area contributed by atoms with Gasteiger partial charge in [0.05, 0.1) is 23.7 Å². The SMILES string of the molecule is CC(C)=C[C@H]1[C@@H](C(=O)Nc2ccccc2C(=O)NCCOc2ccccc2)C1(C)C. The lowest BCUT2D eigenvalue weighted by Crippen LogP contribution is -2.29. The van der Waals surface area contributed by atoms with Crippen LogP contribution in [0.15, 0.2) is 66.2 Å². The zero-order chi connectivity index (χ0) is 21.7. The van der Waals surface area contributed by atoms with Crippen molar-refractivity contribution in [3.63, 3.8) is 0 Å². The molecule has 2 atom stereocenters. The number of anilines is 1. The van der Waals surface area contributed by atoms with Crippen LogP contribution in [0.2, 0.25) is 0 Å². The zero-order valence-corrected chi connectivity index (χ0v) is 18.1. The molecule has 1 aliphatic carbocycles. The second kappa shape index (κ2) is 9.16. The van der Waals surface area contributed by atoms with Gasteiger partial charge >= 0.3 is 0 Å². The lowest BCUT2D eigenvalue weighted by Gasteiger charge is -2.12. The van der Waals surface area contributed by atoms with Crippen molar-refractivity contribution in [3.8, 4) is 5.75 Å². The Morgan fingerprint density at radius 3 is 2.40 bits per heavy atom. The van der Waals surface area contributed by atoms with Gasteiger partial charge < -0.3 is 15.4 Å². The fraction of sp³-hybridized carbons (Fsp3) is 0.360. The van der Waals surface area contributed by atoms with Crippen molar-refractivity contribution >= 4 is 17.5 Å². The molecule has 5 heteroatoms. The molecule has 30 heavy (non-hydrogen) atoms. The molecule has 0 radical (unpaired) electrons. The minimum Gasteiger partial charge on any atom is -0.492 e. The van der Waals surface area contributed by atoms with Crippen molar-refractivity contribution in [1.82, 2.24) is 5.32 Å². The third-order valence-corrected chi connectivity index (χ3v) is 5.54. The topological polar surface area (TPSA) is 67.4 Å². The monoisotopic (exact) mass is 406 g/mol. The van der Waals surface area contributed by atoms with Gasteiger partial charge in [-0.2, -0.15) is 0 Å². The molecule has 5 nitrogen and oxygen atoms in total. The van der Waals surface area contributed by atoms with E-state index in [9.17, 15) is 9.59 Å². The van der Waals surface area contributed by atoms with Crippen LogP contribution in [0.25, 0.3) is 0 Å². The number of hydrogen-bond donors (Lipinski definition) is 2. The lowest BCUT2D eigenvalue weighted by atomic mass is 10.1. The van der Waals surface area contributed by atoms with E-state index in [0.29, 0.717) is 24.4 Å². The Kier molecular flexibility index (Phi) is 6.60. The highest BCUT2D eigenvalue weighted by molar-refractivity contribution is 6.05. The summed E-state index contributed by atoms with van der Waals surface area (Å²) >= 11 is 0. The quantitative estimate of drug-likeness (QED) is 0.494. The maximum Gasteiger partial charge on any atom is 0.253 e. The molecule has 0 aliphatic heterocycles. The van der Waals surface area contributed by atoms with Gasteiger partial charge in [0.15, 0.2) is 0 Å². The highest BCUT2D eigenvalue weighted by atomic mass is 16.5. The maximum atomic E-state index is 12.9. The Bertz CT molecular complexity index is 930. The van der Waals surface area contributed by atoms with E-state index in [1.54, 1.807) is 18.2 Å². The summed E-state index contributed by atoms with van der Waals surface area (Å²) in [6, 6.07) is 16.5. The van der Waals surface area contributed by atoms with Gasteiger partial charge in [-0.25, -0.2) is 0 Å². The molecule has 0 aromatic heterocycles. The van der Waals surface area contributed by atoms with Gasteiger partial charge in [-0.05, 0) is 49.4 Å². The van der Waals surface area contributed by atoms with Gasteiger partial charge in [-0.1, -0.05) is 55.8 Å². The fourth-order valence-corrected chi connectivity index (χ4v) is 3.79. The van der Waals surface area contributed by atoms with E-state index < -0.39 is 0 Å². The van der Waals surface area contributed by atoms with Crippen LogP contribution in [0.4, 0.5) is 5.69 Å². The number of rotatable bonds is 8. The van der Waals surface area contributed by atoms with Crippen molar-refractivity contribution in [2.24, 2.45) is 17.3 Å². The number of carbonyl (C=O) groups excluding carboxylic acids is 2. The molecule has 0 bridgehead atoms. The Hall–Kier alpha value is -3.08. The number of benzene rings is 2. The summed E-state index contributed by atoms with van der Waals surface area (Å²) in [6.07, 6.45) is 2.16. The minimum absolute atomic E-state index is 0.0461. The first-order valence-corrected chi connectivity index (χ1v) is 10.3. The molecule has 1 fully saturated rings. The van der Waals surface area contributed by atoms with Gasteiger partial charge in [0, 0.05) is 0 Å². The molecular formula is C25H30N2O3. The molecule has 1 aliphatic rings. The third kappa shape index (κ3) is 5.09. The van der Waals surface area contributed by atoms with Gasteiger partial charge in [0.1, 0.15) is 12.4 Å². The van der Waals surface area contributed by atoms with Crippen LogP contribution in [0, 0.1) is 17.3 Å². The summed E-state index contributed by atoms with van der Waals surface area (Å²) in [7, 11) is 0. The van der Waals surface area contributed by atoms with Crippen LogP contribution in [0.5, 0.6) is 5.75 Å². The number of para-hydroxylation sites is 2. The minimum atomic E-state index is -0.238. The van der Waals surface area contributed by atoms with Crippen molar-refractivity contribution in [3.05, 3.63) is 71.8 Å². The summed E-state index contributed by atoms with van der Waals surface area (Å²) in [5, 5.41) is 5.82. The number of allylic oxidation sites excluding steroid dienone is 2. The largest absolute Gasteiger partial charge is 0.492 e. The molecule has 0 unspecified atom stereocenters. The fourth-order valence-electron chi connectivity index (χ4n) is 3.79. The average molecular weight is 407 g/mol. The van der Waals surface area contributed by atoms with Gasteiger partial charge in [0.2, 0.25) is 5.91 Å². The summed E-state index contributed by atoms with van der Waals surface area (Å²) in [6.45, 7) is 9.04. The first-order chi connectivity index (χ1) is 14.3. The molecule has 2 N–H and O–H groups in total. The molecule has 2 amide bonds. The van der Waals surface area contributed by atoms with E-state index in [2.05, 4.69) is 30.6 Å². The van der Waals surface area contributed by atoms with E-state index in [0.717, 1.165) is 5.75 Å². The maximum absolute atomic E-state index is 12.9. The van der Waals surface area contributed by atoms with E-state index in [-0.39, 0.29) is 29.1 Å². The first kappa shape index (κ1) is 21.6. The molecule has 1 saturated carbocycles. The second-order valence-electron chi connectivity index (χ2n) is 8.52. The smallest absolute Gasteiger partial charge is 0.253 e. The Morgan fingerprint density at radius 1 is 1.03 bits per heavy atom. The predicted octanol–water partition coefficient (Wildman–Crippen LogP) is 4.67. The first-order valence-electron chi connectivity index (χ1n) is 10.3. The van der Waals surface area contributed by atoms with Gasteiger partial charge in [0.25, 0.3) is 5.91 Å². The highest BCUT2D eigenvalue weighted by Gasteiger charge is 2.60. The molecule has 0 saturated heterocycles. The number of amides is 2. The summed E-state index contributed by atoms with van der Waals surface area (Å²) in [5.74, 6) is 0.604. The normalized spacial score (nSPS) is 18.8. The van der Waals surface area contributed by atoms with Crippen molar-refractivity contribution < 1.29 is 14.3 Å². The van der Waals surface area contributed by atoms with Crippen LogP contribution in [-0.4, -0.2) is 25.0 Å². The van der Waals surface area contributed by atoms with E-state index >= 15 is 0 Å². The average Bonchev–Trinajstić information content (AvgIpc) is 3.25. The zero-order valence-electron chi connectivity index (χ0n) is 18.1. The van der Waals surface area contributed by atoms with Gasteiger partial charge in [-0.3, -0.25) is 9.59 Å². The van der Waals surface area contributed by atoms with E-state index in [1.807, 2.05) is 50.2 Å². The van der Waals surface area contributed by atoms with Crippen molar-refractivity contribution in [2.45, 2.75) is 27.7 Å². The van der Waals surface area contributed by atoms with Crippen LogP contribution >= 0.6 is 0 Å². The van der Waals surface area contributed by atoms with Crippen molar-refractivity contribution in [1.29, 1.82) is 0 Å². The van der Waals surface area contributed by atoms with Gasteiger partial charge in [-0.15, -0.1) is 0 Å². The lowest BCUT2D eigenvalue weighted by molar-refractivity contribution is -0.118. The molecule has 0 spiro atoms. The summed E-state index contributed by atoms with van der Waals surface area (Å²) in [4.78, 5) is 25.5.